The predicted molar refractivity (Wildman–Crippen MR) is 83.9 cm³/mol. The number of nitriles is 1. The van der Waals surface area contributed by atoms with Gasteiger partial charge in [0.1, 0.15) is 16.9 Å². The van der Waals surface area contributed by atoms with Crippen LogP contribution in [0.2, 0.25) is 0 Å². The minimum absolute atomic E-state index is 0.248. The molecule has 118 valence electrons. The monoisotopic (exact) mass is 302 g/mol. The van der Waals surface area contributed by atoms with E-state index in [2.05, 4.69) is 11.4 Å². The van der Waals surface area contributed by atoms with Crippen LogP contribution in [0.4, 0.5) is 5.69 Å². The van der Waals surface area contributed by atoms with E-state index in [1.165, 1.54) is 0 Å². The zero-order valence-electron chi connectivity index (χ0n) is 13.1. The van der Waals surface area contributed by atoms with Gasteiger partial charge in [0, 0.05) is 6.07 Å². The van der Waals surface area contributed by atoms with Gasteiger partial charge in [-0.05, 0) is 38.8 Å². The van der Waals surface area contributed by atoms with Crippen molar-refractivity contribution >= 4 is 11.6 Å². The minimum Gasteiger partial charge on any atom is -0.494 e. The summed E-state index contributed by atoms with van der Waals surface area (Å²) < 4.78 is 11.0. The summed E-state index contributed by atoms with van der Waals surface area (Å²) in [4.78, 5) is 12.6. The van der Waals surface area contributed by atoms with Gasteiger partial charge in [0.05, 0.1) is 25.0 Å². The summed E-state index contributed by atoms with van der Waals surface area (Å²) in [5, 5.41) is 12.3. The maximum absolute atomic E-state index is 12.6. The number of carbonyl (C=O) groups is 1. The van der Waals surface area contributed by atoms with Crippen LogP contribution in [0.5, 0.6) is 11.5 Å². The predicted octanol–water partition coefficient (Wildman–Crippen LogP) is 3.51. The summed E-state index contributed by atoms with van der Waals surface area (Å²) in [6.45, 7) is 4.83. The van der Waals surface area contributed by atoms with E-state index >= 15 is 0 Å². The fraction of sp³-hybridized carbons (Fsp3) is 0.529. The topological polar surface area (TPSA) is 71.3 Å². The second kappa shape index (κ2) is 7.17. The standard InChI is InChI=1S/C17H22N2O3/c1-3-21-13-7-8-15(22-4-2)14(11-13)19-16(20)17(12-18)9-5-6-10-17/h7-8,11H,3-6,9-10H2,1-2H3,(H,19,20). The highest BCUT2D eigenvalue weighted by Gasteiger charge is 2.41. The van der Waals surface area contributed by atoms with Crippen molar-refractivity contribution in [2.45, 2.75) is 39.5 Å². The molecule has 0 unspecified atom stereocenters. The Morgan fingerprint density at radius 3 is 2.55 bits per heavy atom. The van der Waals surface area contributed by atoms with E-state index in [0.29, 0.717) is 43.2 Å². The summed E-state index contributed by atoms with van der Waals surface area (Å²) in [5.41, 5.74) is -0.357. The number of hydrogen-bond donors (Lipinski definition) is 1. The third-order valence-electron chi connectivity index (χ3n) is 3.92. The lowest BCUT2D eigenvalue weighted by molar-refractivity contribution is -0.122. The van der Waals surface area contributed by atoms with Gasteiger partial charge in [-0.15, -0.1) is 0 Å². The van der Waals surface area contributed by atoms with Crippen LogP contribution in [0.1, 0.15) is 39.5 Å². The van der Waals surface area contributed by atoms with Crippen molar-refractivity contribution in [3.8, 4) is 17.6 Å². The molecule has 0 radical (unpaired) electrons. The van der Waals surface area contributed by atoms with Crippen LogP contribution < -0.4 is 14.8 Å². The molecule has 0 heterocycles. The number of benzene rings is 1. The molecule has 0 atom stereocenters. The minimum atomic E-state index is -0.912. The largest absolute Gasteiger partial charge is 0.494 e. The molecule has 0 aliphatic heterocycles. The van der Waals surface area contributed by atoms with Gasteiger partial charge in [0.2, 0.25) is 5.91 Å². The lowest BCUT2D eigenvalue weighted by Crippen LogP contribution is -2.32. The molecule has 5 nitrogen and oxygen atoms in total. The van der Waals surface area contributed by atoms with Gasteiger partial charge in [-0.2, -0.15) is 5.26 Å². The Kier molecular flexibility index (Phi) is 5.26. The third kappa shape index (κ3) is 3.33. The first kappa shape index (κ1) is 16.2. The van der Waals surface area contributed by atoms with Crippen molar-refractivity contribution in [3.05, 3.63) is 18.2 Å². The Bertz CT molecular complexity index is 572. The Labute approximate surface area is 131 Å². The molecule has 1 N–H and O–H groups in total. The first-order valence-electron chi connectivity index (χ1n) is 7.77. The lowest BCUT2D eigenvalue weighted by atomic mass is 9.87. The van der Waals surface area contributed by atoms with E-state index < -0.39 is 5.41 Å². The molecule has 1 amide bonds. The Hall–Kier alpha value is -2.22. The van der Waals surface area contributed by atoms with Gasteiger partial charge in [-0.3, -0.25) is 4.79 Å². The normalized spacial score (nSPS) is 15.9. The highest BCUT2D eigenvalue weighted by Crippen LogP contribution is 2.39. The van der Waals surface area contributed by atoms with Gasteiger partial charge >= 0.3 is 0 Å². The lowest BCUT2D eigenvalue weighted by Gasteiger charge is -2.21. The maximum atomic E-state index is 12.6. The molecular weight excluding hydrogens is 280 g/mol. The molecule has 0 aromatic heterocycles. The van der Waals surface area contributed by atoms with Crippen molar-refractivity contribution in [1.29, 1.82) is 5.26 Å². The summed E-state index contributed by atoms with van der Waals surface area (Å²) in [6, 6.07) is 7.53. The SMILES string of the molecule is CCOc1ccc(OCC)c(NC(=O)C2(C#N)CCCC2)c1. The number of rotatable bonds is 6. The van der Waals surface area contributed by atoms with Crippen molar-refractivity contribution in [2.75, 3.05) is 18.5 Å². The smallest absolute Gasteiger partial charge is 0.244 e. The number of amides is 1. The Morgan fingerprint density at radius 2 is 1.95 bits per heavy atom. The van der Waals surface area contributed by atoms with Gasteiger partial charge in [-0.1, -0.05) is 12.8 Å². The van der Waals surface area contributed by atoms with Crippen LogP contribution in [-0.2, 0) is 4.79 Å². The Balaban J connectivity index is 2.24. The third-order valence-corrected chi connectivity index (χ3v) is 3.92. The first-order chi connectivity index (χ1) is 10.6. The van der Waals surface area contributed by atoms with Crippen molar-refractivity contribution in [1.82, 2.24) is 0 Å². The fourth-order valence-electron chi connectivity index (χ4n) is 2.75. The van der Waals surface area contributed by atoms with Crippen LogP contribution >= 0.6 is 0 Å². The van der Waals surface area contributed by atoms with Crippen molar-refractivity contribution < 1.29 is 14.3 Å². The van der Waals surface area contributed by atoms with Gasteiger partial charge < -0.3 is 14.8 Å². The van der Waals surface area contributed by atoms with E-state index in [-0.39, 0.29) is 5.91 Å². The summed E-state index contributed by atoms with van der Waals surface area (Å²) in [7, 11) is 0. The molecule has 0 spiro atoms. The van der Waals surface area contributed by atoms with E-state index in [4.69, 9.17) is 9.47 Å². The molecule has 0 bridgehead atoms. The van der Waals surface area contributed by atoms with Gasteiger partial charge in [-0.25, -0.2) is 0 Å². The highest BCUT2D eigenvalue weighted by molar-refractivity contribution is 5.98. The van der Waals surface area contributed by atoms with E-state index in [1.807, 2.05) is 13.8 Å². The number of ether oxygens (including phenoxy) is 2. The summed E-state index contributed by atoms with van der Waals surface area (Å²) >= 11 is 0. The van der Waals surface area contributed by atoms with Gasteiger partial charge in [0.25, 0.3) is 0 Å². The Morgan fingerprint density at radius 1 is 1.27 bits per heavy atom. The fourth-order valence-corrected chi connectivity index (χ4v) is 2.75. The average molecular weight is 302 g/mol. The molecule has 1 aliphatic rings. The summed E-state index contributed by atoms with van der Waals surface area (Å²) in [6.07, 6.45) is 3.06. The number of anilines is 1. The van der Waals surface area contributed by atoms with Gasteiger partial charge in [0.15, 0.2) is 0 Å². The van der Waals surface area contributed by atoms with Crippen LogP contribution in [0, 0.1) is 16.7 Å². The second-order valence-electron chi connectivity index (χ2n) is 5.38. The average Bonchev–Trinajstić information content (AvgIpc) is 3.00. The molecule has 1 aromatic rings. The maximum Gasteiger partial charge on any atom is 0.244 e. The number of nitrogens with one attached hydrogen (secondary N) is 1. The van der Waals surface area contributed by atoms with E-state index in [1.54, 1.807) is 18.2 Å². The molecule has 1 aromatic carbocycles. The van der Waals surface area contributed by atoms with E-state index in [9.17, 15) is 10.1 Å². The molecular formula is C17H22N2O3. The second-order valence-corrected chi connectivity index (χ2v) is 5.38. The number of nitrogens with zero attached hydrogens (tertiary/aromatic N) is 1. The van der Waals surface area contributed by atoms with Crippen molar-refractivity contribution in [3.63, 3.8) is 0 Å². The zero-order chi connectivity index (χ0) is 16.0. The molecule has 5 heteroatoms. The summed E-state index contributed by atoms with van der Waals surface area (Å²) in [5.74, 6) is 1.01. The number of carbonyl (C=O) groups excluding carboxylic acids is 1. The van der Waals surface area contributed by atoms with Crippen LogP contribution in [0.25, 0.3) is 0 Å². The molecule has 1 aliphatic carbocycles. The van der Waals surface area contributed by atoms with Crippen LogP contribution in [0.3, 0.4) is 0 Å². The zero-order valence-corrected chi connectivity index (χ0v) is 13.1. The van der Waals surface area contributed by atoms with Crippen molar-refractivity contribution in [2.24, 2.45) is 5.41 Å². The van der Waals surface area contributed by atoms with E-state index in [0.717, 1.165) is 12.8 Å². The highest BCUT2D eigenvalue weighted by atomic mass is 16.5. The quantitative estimate of drug-likeness (QED) is 0.873. The molecule has 22 heavy (non-hydrogen) atoms. The van der Waals surface area contributed by atoms with Crippen LogP contribution in [0.15, 0.2) is 18.2 Å². The molecule has 1 saturated carbocycles. The molecule has 0 saturated heterocycles. The van der Waals surface area contributed by atoms with Crippen LogP contribution in [-0.4, -0.2) is 19.1 Å². The molecule has 1 fully saturated rings. The first-order valence-corrected chi connectivity index (χ1v) is 7.77. The number of hydrogen-bond acceptors (Lipinski definition) is 4. The molecule has 2 rings (SSSR count).